The third kappa shape index (κ3) is 5.30. The Labute approximate surface area is 115 Å². The van der Waals surface area contributed by atoms with Crippen molar-refractivity contribution in [2.75, 3.05) is 20.2 Å². The second kappa shape index (κ2) is 7.79. The molecule has 1 rings (SSSR count). The molecule has 0 radical (unpaired) electrons. The van der Waals surface area contributed by atoms with Gasteiger partial charge < -0.3 is 15.4 Å². The normalized spacial score (nSPS) is 12.0. The maximum Gasteiger partial charge on any atom is 0.239 e. The number of amides is 1. The van der Waals surface area contributed by atoms with Gasteiger partial charge in [-0.15, -0.1) is 0 Å². The number of nitrogens with two attached hydrogens (primary N) is 1. The number of aryl methyl sites for hydroxylation is 1. The highest BCUT2D eigenvalue weighted by Gasteiger charge is 2.16. The Morgan fingerprint density at radius 2 is 2.00 bits per heavy atom. The summed E-state index contributed by atoms with van der Waals surface area (Å²) in [4.78, 5) is 13.5. The molecule has 1 atom stereocenters. The summed E-state index contributed by atoms with van der Waals surface area (Å²) in [6, 6.07) is 7.47. The van der Waals surface area contributed by atoms with Crippen LogP contribution in [0.15, 0.2) is 24.3 Å². The van der Waals surface area contributed by atoms with Gasteiger partial charge in [-0.3, -0.25) is 4.79 Å². The lowest BCUT2D eigenvalue weighted by Gasteiger charge is -2.21. The molecule has 0 spiro atoms. The van der Waals surface area contributed by atoms with Gasteiger partial charge in [-0.2, -0.15) is 0 Å². The number of benzene rings is 1. The predicted octanol–water partition coefficient (Wildman–Crippen LogP) is 1.96. The lowest BCUT2D eigenvalue weighted by Crippen LogP contribution is -2.43. The van der Waals surface area contributed by atoms with Crippen LogP contribution >= 0.6 is 0 Å². The molecule has 1 aromatic carbocycles. The summed E-state index contributed by atoms with van der Waals surface area (Å²) in [7, 11) is 1.76. The van der Waals surface area contributed by atoms with E-state index in [1.165, 1.54) is 5.56 Å². The molecule has 0 saturated heterocycles. The molecule has 19 heavy (non-hydrogen) atoms. The number of carbonyl (C=O) groups is 1. The highest BCUT2D eigenvalue weighted by atomic mass is 16.5. The van der Waals surface area contributed by atoms with Gasteiger partial charge >= 0.3 is 0 Å². The SMILES string of the molecule is CCC[C@H](N)C(=O)N(C)CCOc1ccc(C)cc1. The first-order valence-electron chi connectivity index (χ1n) is 6.74. The summed E-state index contributed by atoms with van der Waals surface area (Å²) in [5, 5.41) is 0. The van der Waals surface area contributed by atoms with E-state index >= 15 is 0 Å². The van der Waals surface area contributed by atoms with E-state index in [0.29, 0.717) is 13.2 Å². The van der Waals surface area contributed by atoms with Crippen molar-refractivity contribution >= 4 is 5.91 Å². The van der Waals surface area contributed by atoms with E-state index in [2.05, 4.69) is 0 Å². The Bertz CT molecular complexity index is 390. The minimum atomic E-state index is -0.394. The van der Waals surface area contributed by atoms with Crippen molar-refractivity contribution in [3.8, 4) is 5.75 Å². The Kier molecular flexibility index (Phi) is 6.36. The lowest BCUT2D eigenvalue weighted by atomic mass is 10.1. The molecule has 0 bridgehead atoms. The van der Waals surface area contributed by atoms with Gasteiger partial charge in [0, 0.05) is 7.05 Å². The number of nitrogens with zero attached hydrogens (tertiary/aromatic N) is 1. The summed E-state index contributed by atoms with van der Waals surface area (Å²) < 4.78 is 5.59. The molecule has 0 aliphatic carbocycles. The highest BCUT2D eigenvalue weighted by molar-refractivity contribution is 5.81. The van der Waals surface area contributed by atoms with E-state index in [9.17, 15) is 4.79 Å². The number of hydrogen-bond acceptors (Lipinski definition) is 3. The molecule has 0 unspecified atom stereocenters. The fraction of sp³-hybridized carbons (Fsp3) is 0.533. The van der Waals surface area contributed by atoms with Gasteiger partial charge in [0.25, 0.3) is 0 Å². The zero-order chi connectivity index (χ0) is 14.3. The Balaban J connectivity index is 2.32. The van der Waals surface area contributed by atoms with Gasteiger partial charge in [-0.25, -0.2) is 0 Å². The van der Waals surface area contributed by atoms with Gasteiger partial charge in [0.2, 0.25) is 5.91 Å². The minimum Gasteiger partial charge on any atom is -0.492 e. The first kappa shape index (κ1) is 15.5. The van der Waals surface area contributed by atoms with E-state index in [1.807, 2.05) is 38.1 Å². The van der Waals surface area contributed by atoms with Crippen LogP contribution in [0.3, 0.4) is 0 Å². The van der Waals surface area contributed by atoms with E-state index in [4.69, 9.17) is 10.5 Å². The predicted molar refractivity (Wildman–Crippen MR) is 77.2 cm³/mol. The van der Waals surface area contributed by atoms with Crippen molar-refractivity contribution in [3.05, 3.63) is 29.8 Å². The van der Waals surface area contributed by atoms with E-state index in [-0.39, 0.29) is 5.91 Å². The zero-order valence-electron chi connectivity index (χ0n) is 12.1. The molecular formula is C15H24N2O2. The molecule has 0 aliphatic heterocycles. The van der Waals surface area contributed by atoms with E-state index < -0.39 is 6.04 Å². The van der Waals surface area contributed by atoms with E-state index in [1.54, 1.807) is 11.9 Å². The van der Waals surface area contributed by atoms with Gasteiger partial charge in [0.05, 0.1) is 12.6 Å². The van der Waals surface area contributed by atoms with Crippen molar-refractivity contribution in [2.45, 2.75) is 32.7 Å². The fourth-order valence-electron chi connectivity index (χ4n) is 1.76. The largest absolute Gasteiger partial charge is 0.492 e. The first-order chi connectivity index (χ1) is 9.04. The van der Waals surface area contributed by atoms with Crippen molar-refractivity contribution in [1.29, 1.82) is 0 Å². The highest BCUT2D eigenvalue weighted by Crippen LogP contribution is 2.11. The molecule has 0 fully saturated rings. The molecular weight excluding hydrogens is 240 g/mol. The molecule has 0 aliphatic rings. The fourth-order valence-corrected chi connectivity index (χ4v) is 1.76. The number of rotatable bonds is 7. The molecule has 1 aromatic rings. The van der Waals surface area contributed by atoms with Crippen molar-refractivity contribution in [1.82, 2.24) is 4.90 Å². The third-order valence-corrected chi connectivity index (χ3v) is 3.01. The molecule has 0 heterocycles. The molecule has 4 heteroatoms. The van der Waals surface area contributed by atoms with Gasteiger partial charge in [-0.1, -0.05) is 31.0 Å². The first-order valence-corrected chi connectivity index (χ1v) is 6.74. The Morgan fingerprint density at radius 3 is 2.58 bits per heavy atom. The molecule has 4 nitrogen and oxygen atoms in total. The lowest BCUT2D eigenvalue weighted by molar-refractivity contribution is -0.131. The summed E-state index contributed by atoms with van der Waals surface area (Å²) in [6.45, 7) is 5.08. The van der Waals surface area contributed by atoms with Crippen LogP contribution in [0.1, 0.15) is 25.3 Å². The second-order valence-corrected chi connectivity index (χ2v) is 4.82. The average Bonchev–Trinajstić information content (AvgIpc) is 2.40. The monoisotopic (exact) mass is 264 g/mol. The number of carbonyl (C=O) groups excluding carboxylic acids is 1. The topological polar surface area (TPSA) is 55.6 Å². The number of ether oxygens (including phenoxy) is 1. The average molecular weight is 264 g/mol. The van der Waals surface area contributed by atoms with Crippen LogP contribution < -0.4 is 10.5 Å². The van der Waals surface area contributed by atoms with E-state index in [0.717, 1.165) is 18.6 Å². The van der Waals surface area contributed by atoms with Gasteiger partial charge in [-0.05, 0) is 25.5 Å². The maximum atomic E-state index is 11.9. The molecule has 1 amide bonds. The van der Waals surface area contributed by atoms with Gasteiger partial charge in [0.15, 0.2) is 0 Å². The summed E-state index contributed by atoms with van der Waals surface area (Å²) >= 11 is 0. The minimum absolute atomic E-state index is 0.0191. The standard InChI is InChI=1S/C15H24N2O2/c1-4-5-14(16)15(18)17(3)10-11-19-13-8-6-12(2)7-9-13/h6-9,14H,4-5,10-11,16H2,1-3H3/t14-/m0/s1. The van der Waals surface area contributed by atoms with Crippen LogP contribution in [0.25, 0.3) is 0 Å². The number of hydrogen-bond donors (Lipinski definition) is 1. The van der Waals surface area contributed by atoms with Crippen molar-refractivity contribution in [3.63, 3.8) is 0 Å². The Hall–Kier alpha value is -1.55. The smallest absolute Gasteiger partial charge is 0.239 e. The zero-order valence-corrected chi connectivity index (χ0v) is 12.1. The van der Waals surface area contributed by atoms with Crippen LogP contribution in [0.2, 0.25) is 0 Å². The molecule has 106 valence electrons. The van der Waals surface area contributed by atoms with Gasteiger partial charge in [0.1, 0.15) is 12.4 Å². The third-order valence-electron chi connectivity index (χ3n) is 3.01. The number of likely N-dealkylation sites (N-methyl/N-ethyl adjacent to an activating group) is 1. The maximum absolute atomic E-state index is 11.9. The van der Waals surface area contributed by atoms with Crippen LogP contribution in [-0.4, -0.2) is 37.0 Å². The molecule has 0 saturated carbocycles. The van der Waals surface area contributed by atoms with Crippen molar-refractivity contribution in [2.24, 2.45) is 5.73 Å². The Morgan fingerprint density at radius 1 is 1.37 bits per heavy atom. The molecule has 2 N–H and O–H groups in total. The quantitative estimate of drug-likeness (QED) is 0.819. The van der Waals surface area contributed by atoms with Crippen LogP contribution in [0.4, 0.5) is 0 Å². The van der Waals surface area contributed by atoms with Crippen molar-refractivity contribution < 1.29 is 9.53 Å². The second-order valence-electron chi connectivity index (χ2n) is 4.82. The summed E-state index contributed by atoms with van der Waals surface area (Å²) in [6.07, 6.45) is 1.64. The van der Waals surface area contributed by atoms with Crippen LogP contribution in [0.5, 0.6) is 5.75 Å². The summed E-state index contributed by atoms with van der Waals surface area (Å²) in [5.41, 5.74) is 7.00. The van der Waals surface area contributed by atoms with Crippen LogP contribution in [0, 0.1) is 6.92 Å². The molecule has 0 aromatic heterocycles. The van der Waals surface area contributed by atoms with Crippen LogP contribution in [-0.2, 0) is 4.79 Å². The summed E-state index contributed by atoms with van der Waals surface area (Å²) in [5.74, 6) is 0.804.